The lowest BCUT2D eigenvalue weighted by molar-refractivity contribution is -0.189. The second kappa shape index (κ2) is 4.56. The van der Waals surface area contributed by atoms with Crippen molar-refractivity contribution in [1.82, 2.24) is 0 Å². The highest BCUT2D eigenvalue weighted by molar-refractivity contribution is 5.77. The lowest BCUT2D eigenvalue weighted by atomic mass is 9.43. The van der Waals surface area contributed by atoms with Crippen molar-refractivity contribution in [3.63, 3.8) is 0 Å². The van der Waals surface area contributed by atoms with Gasteiger partial charge in [0.05, 0.1) is 5.41 Å². The third-order valence-corrected chi connectivity index (χ3v) is 5.66. The van der Waals surface area contributed by atoms with Crippen LogP contribution in [-0.2, 0) is 4.79 Å². The standard InChI is InChI=1S/C16H24O2/c1-5-10-9-11(6-2)14-13(10)12(7-3)16(14,8-4)15(17)18/h5-6,10-14H,1-2,7-9H2,3-4H3,(H,17,18)/t10-,11+,12-,13-,14-,16+/m1/s1. The predicted octanol–water partition coefficient (Wildman–Crippen LogP) is 3.75. The zero-order chi connectivity index (χ0) is 13.5. The van der Waals surface area contributed by atoms with E-state index < -0.39 is 11.4 Å². The molecule has 0 radical (unpaired) electrons. The Morgan fingerprint density at radius 2 is 1.94 bits per heavy atom. The number of hydrogen-bond donors (Lipinski definition) is 1. The number of allylic oxidation sites excluding steroid dienone is 2. The van der Waals surface area contributed by atoms with Crippen LogP contribution in [0.2, 0.25) is 0 Å². The topological polar surface area (TPSA) is 37.3 Å². The number of hydrogen-bond acceptors (Lipinski definition) is 1. The lowest BCUT2D eigenvalue weighted by Gasteiger charge is -2.59. The zero-order valence-corrected chi connectivity index (χ0v) is 11.4. The second-order valence-electron chi connectivity index (χ2n) is 5.85. The van der Waals surface area contributed by atoms with Gasteiger partial charge in [-0.1, -0.05) is 32.4 Å². The molecule has 2 fully saturated rings. The molecule has 0 unspecified atom stereocenters. The predicted molar refractivity (Wildman–Crippen MR) is 73.1 cm³/mol. The van der Waals surface area contributed by atoms with Crippen molar-refractivity contribution in [2.45, 2.75) is 33.1 Å². The van der Waals surface area contributed by atoms with E-state index >= 15 is 0 Å². The van der Waals surface area contributed by atoms with E-state index in [1.165, 1.54) is 0 Å². The molecule has 2 rings (SSSR count). The third kappa shape index (κ3) is 1.38. The van der Waals surface area contributed by atoms with Crippen LogP contribution in [0.4, 0.5) is 0 Å². The maximum Gasteiger partial charge on any atom is 0.310 e. The van der Waals surface area contributed by atoms with Crippen LogP contribution in [0, 0.1) is 35.0 Å². The molecule has 0 aromatic carbocycles. The van der Waals surface area contributed by atoms with Gasteiger partial charge in [-0.25, -0.2) is 0 Å². The third-order valence-electron chi connectivity index (χ3n) is 5.66. The van der Waals surface area contributed by atoms with Crippen LogP contribution in [0.25, 0.3) is 0 Å². The molecule has 0 heterocycles. The molecule has 18 heavy (non-hydrogen) atoms. The summed E-state index contributed by atoms with van der Waals surface area (Å²) in [6, 6.07) is 0. The molecule has 2 saturated carbocycles. The molecular formula is C16H24O2. The Bertz CT molecular complexity index is 373. The molecule has 0 aromatic heterocycles. The minimum absolute atomic E-state index is 0.269. The van der Waals surface area contributed by atoms with Crippen LogP contribution in [-0.4, -0.2) is 11.1 Å². The molecular weight excluding hydrogens is 224 g/mol. The molecule has 2 nitrogen and oxygen atoms in total. The maximum atomic E-state index is 11.8. The summed E-state index contributed by atoms with van der Waals surface area (Å²) in [5, 5.41) is 9.74. The van der Waals surface area contributed by atoms with Crippen LogP contribution in [0.3, 0.4) is 0 Å². The van der Waals surface area contributed by atoms with Crippen LogP contribution in [0.1, 0.15) is 33.1 Å². The Kier molecular flexibility index (Phi) is 3.39. The first-order chi connectivity index (χ1) is 8.58. The molecule has 0 amide bonds. The Morgan fingerprint density at radius 3 is 2.33 bits per heavy atom. The average molecular weight is 248 g/mol. The summed E-state index contributed by atoms with van der Waals surface area (Å²) in [6.45, 7) is 12.0. The van der Waals surface area contributed by atoms with Crippen molar-refractivity contribution in [1.29, 1.82) is 0 Å². The molecule has 6 atom stereocenters. The number of fused-ring (bicyclic) bond motifs is 1. The van der Waals surface area contributed by atoms with E-state index in [0.29, 0.717) is 23.7 Å². The highest BCUT2D eigenvalue weighted by Gasteiger charge is 2.69. The summed E-state index contributed by atoms with van der Waals surface area (Å²) in [6.07, 6.45) is 6.73. The van der Waals surface area contributed by atoms with E-state index in [1.54, 1.807) is 0 Å². The van der Waals surface area contributed by atoms with Crippen molar-refractivity contribution in [3.05, 3.63) is 25.3 Å². The summed E-state index contributed by atoms with van der Waals surface area (Å²) in [7, 11) is 0. The monoisotopic (exact) mass is 248 g/mol. The smallest absolute Gasteiger partial charge is 0.310 e. The SMILES string of the molecule is C=C[C@@H]1C[C@H](C=C)[C@@H]2[C@H]1[C@@H](CC)[C@]2(CC)C(=O)O. The normalized spacial score (nSPS) is 46.0. The minimum Gasteiger partial charge on any atom is -0.481 e. The molecule has 0 saturated heterocycles. The van der Waals surface area contributed by atoms with E-state index in [9.17, 15) is 9.90 Å². The Labute approximate surface area is 110 Å². The molecule has 2 heteroatoms. The van der Waals surface area contributed by atoms with Gasteiger partial charge < -0.3 is 5.11 Å². The number of carbonyl (C=O) groups is 1. The molecule has 0 aliphatic heterocycles. The van der Waals surface area contributed by atoms with E-state index in [1.807, 2.05) is 19.1 Å². The summed E-state index contributed by atoms with van der Waals surface area (Å²) in [5.41, 5.74) is -0.518. The van der Waals surface area contributed by atoms with E-state index in [0.717, 1.165) is 19.3 Å². The first-order valence-corrected chi connectivity index (χ1v) is 7.06. The van der Waals surface area contributed by atoms with E-state index in [2.05, 4.69) is 20.1 Å². The fourth-order valence-corrected chi connectivity index (χ4v) is 5.00. The zero-order valence-electron chi connectivity index (χ0n) is 11.4. The van der Waals surface area contributed by atoms with Crippen LogP contribution in [0.15, 0.2) is 25.3 Å². The number of carboxylic acid groups (broad SMARTS) is 1. The number of carboxylic acids is 1. The first-order valence-electron chi connectivity index (χ1n) is 7.06. The van der Waals surface area contributed by atoms with Crippen molar-refractivity contribution in [2.24, 2.45) is 35.0 Å². The van der Waals surface area contributed by atoms with Gasteiger partial charge in [-0.3, -0.25) is 4.79 Å². The van der Waals surface area contributed by atoms with Crippen LogP contribution >= 0.6 is 0 Å². The second-order valence-corrected chi connectivity index (χ2v) is 5.85. The summed E-state index contributed by atoms with van der Waals surface area (Å²) in [5.74, 6) is 1.29. The van der Waals surface area contributed by atoms with E-state index in [-0.39, 0.29) is 5.92 Å². The summed E-state index contributed by atoms with van der Waals surface area (Å²) in [4.78, 5) is 11.8. The average Bonchev–Trinajstić information content (AvgIpc) is 2.66. The van der Waals surface area contributed by atoms with Gasteiger partial charge in [0.15, 0.2) is 0 Å². The van der Waals surface area contributed by atoms with Crippen LogP contribution in [0.5, 0.6) is 0 Å². The first kappa shape index (κ1) is 13.4. The highest BCUT2D eigenvalue weighted by Crippen LogP contribution is 2.69. The van der Waals surface area contributed by atoms with Gasteiger partial charge in [0.25, 0.3) is 0 Å². The fourth-order valence-electron chi connectivity index (χ4n) is 5.00. The Hall–Kier alpha value is -1.05. The summed E-state index contributed by atoms with van der Waals surface area (Å²) >= 11 is 0. The summed E-state index contributed by atoms with van der Waals surface area (Å²) < 4.78 is 0. The molecule has 0 bridgehead atoms. The quantitative estimate of drug-likeness (QED) is 0.752. The fraction of sp³-hybridized carbons (Fsp3) is 0.688. The lowest BCUT2D eigenvalue weighted by Crippen LogP contribution is -2.61. The van der Waals surface area contributed by atoms with E-state index in [4.69, 9.17) is 0 Å². The molecule has 0 aromatic rings. The molecule has 1 N–H and O–H groups in total. The van der Waals surface area contributed by atoms with Crippen molar-refractivity contribution >= 4 is 5.97 Å². The van der Waals surface area contributed by atoms with Gasteiger partial charge in [0.1, 0.15) is 0 Å². The van der Waals surface area contributed by atoms with Gasteiger partial charge >= 0.3 is 5.97 Å². The van der Waals surface area contributed by atoms with Crippen molar-refractivity contribution in [2.75, 3.05) is 0 Å². The molecule has 0 spiro atoms. The Morgan fingerprint density at radius 1 is 1.33 bits per heavy atom. The number of aliphatic carboxylic acids is 1. The Balaban J connectivity index is 2.41. The molecule has 100 valence electrons. The molecule has 2 aliphatic carbocycles. The van der Waals surface area contributed by atoms with Crippen molar-refractivity contribution in [3.8, 4) is 0 Å². The van der Waals surface area contributed by atoms with Gasteiger partial charge in [-0.05, 0) is 42.4 Å². The largest absolute Gasteiger partial charge is 0.481 e. The maximum absolute atomic E-state index is 11.8. The molecule has 2 aliphatic rings. The number of rotatable bonds is 5. The van der Waals surface area contributed by atoms with Gasteiger partial charge in [0.2, 0.25) is 0 Å². The van der Waals surface area contributed by atoms with Gasteiger partial charge in [-0.15, -0.1) is 13.2 Å². The van der Waals surface area contributed by atoms with Gasteiger partial charge in [0, 0.05) is 0 Å². The highest BCUT2D eigenvalue weighted by atomic mass is 16.4. The van der Waals surface area contributed by atoms with Crippen molar-refractivity contribution < 1.29 is 9.90 Å². The van der Waals surface area contributed by atoms with Crippen LogP contribution < -0.4 is 0 Å². The minimum atomic E-state index is -0.602. The van der Waals surface area contributed by atoms with Gasteiger partial charge in [-0.2, -0.15) is 0 Å².